The van der Waals surface area contributed by atoms with E-state index in [1.807, 2.05) is 48.5 Å². The summed E-state index contributed by atoms with van der Waals surface area (Å²) in [5.74, 6) is -0.261. The maximum atomic E-state index is 12.4. The molecule has 3 aromatic rings. The summed E-state index contributed by atoms with van der Waals surface area (Å²) >= 11 is 7.60. The van der Waals surface area contributed by atoms with Crippen molar-refractivity contribution >= 4 is 40.4 Å². The van der Waals surface area contributed by atoms with E-state index in [9.17, 15) is 4.79 Å². The number of fused-ring (bicyclic) bond motifs is 1. The summed E-state index contributed by atoms with van der Waals surface area (Å²) in [7, 11) is 0. The van der Waals surface area contributed by atoms with Crippen molar-refractivity contribution in [2.45, 2.75) is 23.8 Å². The number of thioether (sulfide) groups is 1. The van der Waals surface area contributed by atoms with E-state index in [1.165, 1.54) is 11.8 Å². The quantitative estimate of drug-likeness (QED) is 0.520. The molecule has 0 amide bonds. The van der Waals surface area contributed by atoms with Crippen molar-refractivity contribution in [3.63, 3.8) is 0 Å². The maximum Gasteiger partial charge on any atom is 0.319 e. The summed E-state index contributed by atoms with van der Waals surface area (Å²) in [6.07, 6.45) is 0.486. The monoisotopic (exact) mass is 360 g/mol. The number of para-hydroxylation sites is 2. The van der Waals surface area contributed by atoms with Crippen molar-refractivity contribution in [1.29, 1.82) is 0 Å². The van der Waals surface area contributed by atoms with E-state index in [4.69, 9.17) is 16.3 Å². The zero-order valence-electron chi connectivity index (χ0n) is 13.2. The average molecular weight is 361 g/mol. The van der Waals surface area contributed by atoms with Gasteiger partial charge in [0.15, 0.2) is 5.16 Å². The van der Waals surface area contributed by atoms with Crippen LogP contribution in [0.15, 0.2) is 53.7 Å². The number of hydrogen-bond acceptors (Lipinski definition) is 4. The first-order valence-corrected chi connectivity index (χ1v) is 8.94. The molecule has 24 heavy (non-hydrogen) atoms. The first-order chi connectivity index (χ1) is 11.7. The molecule has 0 saturated carbocycles. The molecule has 0 fully saturated rings. The Morgan fingerprint density at radius 1 is 1.25 bits per heavy atom. The van der Waals surface area contributed by atoms with Gasteiger partial charge in [-0.2, -0.15) is 0 Å². The lowest BCUT2D eigenvalue weighted by molar-refractivity contribution is -0.142. The van der Waals surface area contributed by atoms with E-state index in [-0.39, 0.29) is 5.97 Å². The minimum Gasteiger partial charge on any atom is -0.465 e. The lowest BCUT2D eigenvalue weighted by atomic mass is 10.1. The molecule has 1 N–H and O–H groups in total. The molecule has 1 heterocycles. The van der Waals surface area contributed by atoms with Gasteiger partial charge in [-0.05, 0) is 37.1 Å². The van der Waals surface area contributed by atoms with Crippen molar-refractivity contribution in [1.82, 2.24) is 9.97 Å². The van der Waals surface area contributed by atoms with Crippen LogP contribution in [-0.4, -0.2) is 27.8 Å². The number of nitrogens with one attached hydrogen (secondary N) is 1. The number of imidazole rings is 1. The molecule has 0 radical (unpaired) electrons. The predicted octanol–water partition coefficient (Wildman–Crippen LogP) is 4.48. The summed E-state index contributed by atoms with van der Waals surface area (Å²) in [6, 6.07) is 15.3. The fourth-order valence-electron chi connectivity index (χ4n) is 2.39. The van der Waals surface area contributed by atoms with Gasteiger partial charge in [0.2, 0.25) is 0 Å². The van der Waals surface area contributed by atoms with Crippen LogP contribution in [0, 0.1) is 0 Å². The number of carbonyl (C=O) groups is 1. The second-order valence-electron chi connectivity index (χ2n) is 5.21. The van der Waals surface area contributed by atoms with Gasteiger partial charge in [-0.3, -0.25) is 4.79 Å². The first-order valence-electron chi connectivity index (χ1n) is 7.69. The molecule has 6 heteroatoms. The Bertz CT molecular complexity index is 817. The van der Waals surface area contributed by atoms with Crippen LogP contribution in [0.5, 0.6) is 0 Å². The van der Waals surface area contributed by atoms with Gasteiger partial charge in [-0.1, -0.05) is 53.7 Å². The van der Waals surface area contributed by atoms with E-state index >= 15 is 0 Å². The number of benzene rings is 2. The molecule has 0 saturated heterocycles. The first kappa shape index (κ1) is 16.9. The van der Waals surface area contributed by atoms with Gasteiger partial charge in [0.05, 0.1) is 17.6 Å². The Labute approximate surface area is 149 Å². The van der Waals surface area contributed by atoms with Gasteiger partial charge >= 0.3 is 5.97 Å². The van der Waals surface area contributed by atoms with Crippen molar-refractivity contribution in [2.24, 2.45) is 0 Å². The van der Waals surface area contributed by atoms with Gasteiger partial charge in [0, 0.05) is 5.02 Å². The molecule has 0 bridgehead atoms. The molecular weight excluding hydrogens is 344 g/mol. The molecule has 124 valence electrons. The summed E-state index contributed by atoms with van der Waals surface area (Å²) in [4.78, 5) is 20.1. The highest BCUT2D eigenvalue weighted by Gasteiger charge is 2.24. The fourth-order valence-corrected chi connectivity index (χ4v) is 3.62. The summed E-state index contributed by atoms with van der Waals surface area (Å²) < 4.78 is 5.22. The number of ether oxygens (including phenoxy) is 1. The minimum absolute atomic E-state index is 0.261. The summed E-state index contributed by atoms with van der Waals surface area (Å²) in [6.45, 7) is 2.15. The standard InChI is InChI=1S/C18H17ClN2O2S/c1-2-23-17(22)16(11-12-7-3-4-8-13(12)19)24-18-20-14-9-5-6-10-15(14)21-18/h3-10,16H,2,11H2,1H3,(H,20,21). The van der Waals surface area contributed by atoms with E-state index < -0.39 is 5.25 Å². The average Bonchev–Trinajstić information content (AvgIpc) is 2.99. The molecule has 0 aliphatic heterocycles. The lowest BCUT2D eigenvalue weighted by Crippen LogP contribution is -2.23. The van der Waals surface area contributed by atoms with Crippen LogP contribution in [0.4, 0.5) is 0 Å². The van der Waals surface area contributed by atoms with Crippen LogP contribution in [-0.2, 0) is 16.0 Å². The lowest BCUT2D eigenvalue weighted by Gasteiger charge is -2.14. The minimum atomic E-state index is -0.412. The fraction of sp³-hybridized carbons (Fsp3) is 0.222. The predicted molar refractivity (Wildman–Crippen MR) is 97.5 cm³/mol. The van der Waals surface area contributed by atoms with Crippen LogP contribution in [0.3, 0.4) is 0 Å². The third-order valence-electron chi connectivity index (χ3n) is 3.53. The van der Waals surface area contributed by atoms with Crippen LogP contribution in [0.2, 0.25) is 5.02 Å². The summed E-state index contributed by atoms with van der Waals surface area (Å²) in [5.41, 5.74) is 2.74. The third-order valence-corrected chi connectivity index (χ3v) is 4.96. The van der Waals surface area contributed by atoms with Crippen molar-refractivity contribution in [3.8, 4) is 0 Å². The van der Waals surface area contributed by atoms with Gasteiger partial charge < -0.3 is 9.72 Å². The zero-order valence-corrected chi connectivity index (χ0v) is 14.7. The van der Waals surface area contributed by atoms with Crippen LogP contribution < -0.4 is 0 Å². The zero-order chi connectivity index (χ0) is 16.9. The Morgan fingerprint density at radius 3 is 2.75 bits per heavy atom. The highest BCUT2D eigenvalue weighted by atomic mass is 35.5. The maximum absolute atomic E-state index is 12.4. The molecule has 3 rings (SSSR count). The van der Waals surface area contributed by atoms with E-state index in [1.54, 1.807) is 6.92 Å². The number of carbonyl (C=O) groups excluding carboxylic acids is 1. The Kier molecular flexibility index (Phi) is 5.43. The van der Waals surface area contributed by atoms with E-state index in [2.05, 4.69) is 9.97 Å². The molecule has 0 aliphatic rings. The number of aromatic amines is 1. The van der Waals surface area contributed by atoms with Gasteiger partial charge in [0.25, 0.3) is 0 Å². The molecule has 4 nitrogen and oxygen atoms in total. The SMILES string of the molecule is CCOC(=O)C(Cc1ccccc1Cl)Sc1nc2ccccc2[nH]1. The van der Waals surface area contributed by atoms with Gasteiger partial charge in [-0.15, -0.1) is 0 Å². The highest BCUT2D eigenvalue weighted by molar-refractivity contribution is 8.00. The Balaban J connectivity index is 1.84. The molecule has 0 spiro atoms. The smallest absolute Gasteiger partial charge is 0.319 e. The Morgan fingerprint density at radius 2 is 2.00 bits per heavy atom. The summed E-state index contributed by atoms with van der Waals surface area (Å²) in [5, 5.41) is 0.934. The molecule has 1 aromatic heterocycles. The Hall–Kier alpha value is -1.98. The molecule has 0 aliphatic carbocycles. The van der Waals surface area contributed by atoms with Crippen molar-refractivity contribution in [2.75, 3.05) is 6.61 Å². The van der Waals surface area contributed by atoms with Crippen molar-refractivity contribution in [3.05, 3.63) is 59.1 Å². The molecular formula is C18H17ClN2O2S. The second-order valence-corrected chi connectivity index (χ2v) is 6.81. The van der Waals surface area contributed by atoms with Crippen LogP contribution in [0.1, 0.15) is 12.5 Å². The molecule has 1 atom stereocenters. The van der Waals surface area contributed by atoms with E-state index in [0.717, 1.165) is 16.6 Å². The van der Waals surface area contributed by atoms with Crippen molar-refractivity contribution < 1.29 is 9.53 Å². The normalized spacial score (nSPS) is 12.2. The molecule has 2 aromatic carbocycles. The number of esters is 1. The van der Waals surface area contributed by atoms with E-state index in [0.29, 0.717) is 23.2 Å². The second kappa shape index (κ2) is 7.73. The highest BCUT2D eigenvalue weighted by Crippen LogP contribution is 2.28. The number of hydrogen-bond donors (Lipinski definition) is 1. The third kappa shape index (κ3) is 3.91. The number of aromatic nitrogens is 2. The topological polar surface area (TPSA) is 55.0 Å². The number of rotatable bonds is 6. The van der Waals surface area contributed by atoms with Crippen LogP contribution in [0.25, 0.3) is 11.0 Å². The van der Waals surface area contributed by atoms with Gasteiger partial charge in [-0.25, -0.2) is 4.98 Å². The van der Waals surface area contributed by atoms with Crippen LogP contribution >= 0.6 is 23.4 Å². The molecule has 1 unspecified atom stereocenters. The number of nitrogens with zero attached hydrogens (tertiary/aromatic N) is 1. The van der Waals surface area contributed by atoms with Gasteiger partial charge in [0.1, 0.15) is 5.25 Å². The largest absolute Gasteiger partial charge is 0.465 e. The number of H-pyrrole nitrogens is 1. The number of halogens is 1.